The van der Waals surface area contributed by atoms with Crippen molar-refractivity contribution < 1.29 is 9.59 Å². The molecule has 0 aliphatic rings. The van der Waals surface area contributed by atoms with E-state index in [1.807, 2.05) is 17.5 Å². The molecule has 31 heavy (non-hydrogen) atoms. The van der Waals surface area contributed by atoms with Crippen LogP contribution in [0.2, 0.25) is 5.02 Å². The van der Waals surface area contributed by atoms with Gasteiger partial charge in [0.1, 0.15) is 10.9 Å². The van der Waals surface area contributed by atoms with E-state index in [0.717, 1.165) is 11.1 Å². The van der Waals surface area contributed by atoms with Gasteiger partial charge in [-0.15, -0.1) is 11.3 Å². The van der Waals surface area contributed by atoms with Crippen molar-refractivity contribution in [2.45, 2.75) is 19.9 Å². The van der Waals surface area contributed by atoms with Crippen molar-refractivity contribution >= 4 is 50.5 Å². The summed E-state index contributed by atoms with van der Waals surface area (Å²) in [6.07, 6.45) is 1.39. The number of halogens is 1. The summed E-state index contributed by atoms with van der Waals surface area (Å²) in [5, 5.41) is 5.72. The number of thiophene rings is 1. The van der Waals surface area contributed by atoms with Crippen LogP contribution >= 0.6 is 22.9 Å². The Balaban J connectivity index is 1.68. The van der Waals surface area contributed by atoms with Crippen LogP contribution < -0.4 is 10.9 Å². The molecule has 2 aromatic carbocycles. The van der Waals surface area contributed by atoms with Gasteiger partial charge in [-0.2, -0.15) is 0 Å². The number of ketones is 1. The van der Waals surface area contributed by atoms with E-state index < -0.39 is 6.04 Å². The van der Waals surface area contributed by atoms with Crippen LogP contribution in [0.4, 0.5) is 5.69 Å². The third-order valence-electron chi connectivity index (χ3n) is 5.01. The van der Waals surface area contributed by atoms with Crippen molar-refractivity contribution in [3.63, 3.8) is 0 Å². The number of nitrogens with one attached hydrogen (secondary N) is 1. The normalized spacial score (nSPS) is 12.0. The van der Waals surface area contributed by atoms with Gasteiger partial charge in [-0.3, -0.25) is 19.0 Å². The predicted octanol–water partition coefficient (Wildman–Crippen LogP) is 5.18. The van der Waals surface area contributed by atoms with Gasteiger partial charge >= 0.3 is 0 Å². The lowest BCUT2D eigenvalue weighted by Crippen LogP contribution is -2.31. The largest absolute Gasteiger partial charge is 0.324 e. The third kappa shape index (κ3) is 4.15. The maximum atomic E-state index is 13.3. The van der Waals surface area contributed by atoms with E-state index in [2.05, 4.69) is 10.3 Å². The Kier molecular flexibility index (Phi) is 5.71. The summed E-state index contributed by atoms with van der Waals surface area (Å²) in [5.74, 6) is -0.477. The number of carbonyl (C=O) groups is 2. The van der Waals surface area contributed by atoms with Gasteiger partial charge in [-0.05, 0) is 43.7 Å². The van der Waals surface area contributed by atoms with Gasteiger partial charge in [0.15, 0.2) is 5.78 Å². The van der Waals surface area contributed by atoms with Gasteiger partial charge < -0.3 is 5.32 Å². The molecule has 8 heteroatoms. The molecule has 1 atom stereocenters. The van der Waals surface area contributed by atoms with Crippen LogP contribution in [0, 0.1) is 0 Å². The number of rotatable bonds is 5. The highest BCUT2D eigenvalue weighted by molar-refractivity contribution is 7.17. The number of hydrogen-bond donors (Lipinski definition) is 1. The molecule has 4 aromatic rings. The molecule has 0 saturated heterocycles. The summed E-state index contributed by atoms with van der Waals surface area (Å²) < 4.78 is 1.32. The van der Waals surface area contributed by atoms with E-state index in [9.17, 15) is 14.4 Å². The molecule has 0 spiro atoms. The average Bonchev–Trinajstić information content (AvgIpc) is 3.19. The number of fused-ring (bicyclic) bond motifs is 1. The van der Waals surface area contributed by atoms with Gasteiger partial charge in [-0.25, -0.2) is 4.98 Å². The van der Waals surface area contributed by atoms with Crippen LogP contribution in [0.15, 0.2) is 65.0 Å². The summed E-state index contributed by atoms with van der Waals surface area (Å²) in [4.78, 5) is 42.7. The minimum atomic E-state index is -0.802. The van der Waals surface area contributed by atoms with Gasteiger partial charge in [0.25, 0.3) is 5.56 Å². The maximum Gasteiger partial charge on any atom is 0.263 e. The predicted molar refractivity (Wildman–Crippen MR) is 124 cm³/mol. The lowest BCUT2D eigenvalue weighted by atomic mass is 10.1. The molecule has 4 rings (SSSR count). The number of aromatic nitrogens is 2. The fourth-order valence-corrected chi connectivity index (χ4v) is 4.28. The summed E-state index contributed by atoms with van der Waals surface area (Å²) in [6.45, 7) is 3.09. The highest BCUT2D eigenvalue weighted by atomic mass is 35.5. The third-order valence-corrected chi connectivity index (χ3v) is 6.15. The second-order valence-electron chi connectivity index (χ2n) is 7.10. The van der Waals surface area contributed by atoms with E-state index in [1.165, 1.54) is 29.2 Å². The second kappa shape index (κ2) is 8.45. The minimum Gasteiger partial charge on any atom is -0.324 e. The first kappa shape index (κ1) is 21.0. The molecule has 2 aromatic heterocycles. The molecule has 0 bridgehead atoms. The molecule has 6 nitrogen and oxygen atoms in total. The lowest BCUT2D eigenvalue weighted by Gasteiger charge is -2.15. The first-order valence-corrected chi connectivity index (χ1v) is 10.8. The summed E-state index contributed by atoms with van der Waals surface area (Å²) >= 11 is 7.35. The molecule has 1 unspecified atom stereocenters. The molecular weight excluding hydrogens is 434 g/mol. The first-order valence-electron chi connectivity index (χ1n) is 9.51. The lowest BCUT2D eigenvalue weighted by molar-refractivity contribution is -0.118. The van der Waals surface area contributed by atoms with Gasteiger partial charge in [0.2, 0.25) is 5.91 Å². The number of hydrogen-bond acceptors (Lipinski definition) is 5. The number of benzene rings is 2. The number of amides is 1. The Morgan fingerprint density at radius 2 is 1.90 bits per heavy atom. The van der Waals surface area contributed by atoms with Crippen molar-refractivity contribution in [3.05, 3.63) is 81.2 Å². The van der Waals surface area contributed by atoms with E-state index in [4.69, 9.17) is 11.6 Å². The molecular formula is C23H18ClN3O3S. The number of nitrogens with zero attached hydrogens (tertiary/aromatic N) is 2. The molecule has 0 aliphatic heterocycles. The molecule has 2 heterocycles. The Hall–Kier alpha value is -3.29. The molecule has 0 saturated carbocycles. The fourth-order valence-electron chi connectivity index (χ4n) is 3.25. The Bertz CT molecular complexity index is 1360. The van der Waals surface area contributed by atoms with Crippen molar-refractivity contribution in [2.24, 2.45) is 0 Å². The zero-order valence-electron chi connectivity index (χ0n) is 16.8. The number of Topliss-reactive ketones (excluding diaryl/α,β-unsaturated/α-hetero) is 1. The van der Waals surface area contributed by atoms with Crippen LogP contribution in [-0.2, 0) is 4.79 Å². The number of carbonyl (C=O) groups excluding carboxylic acids is 2. The zero-order valence-corrected chi connectivity index (χ0v) is 18.3. The SMILES string of the molecule is CC(=O)c1cccc(NC(=O)C(C)n2cnc3scc(-c4ccc(Cl)cc4)c3c2=O)c1. The highest BCUT2D eigenvalue weighted by Crippen LogP contribution is 2.31. The summed E-state index contributed by atoms with van der Waals surface area (Å²) in [6, 6.07) is 13.1. The van der Waals surface area contributed by atoms with Gasteiger partial charge in [0.05, 0.1) is 11.7 Å². The molecule has 0 aliphatic carbocycles. The highest BCUT2D eigenvalue weighted by Gasteiger charge is 2.20. The average molecular weight is 452 g/mol. The van der Waals surface area contributed by atoms with Crippen molar-refractivity contribution in [1.82, 2.24) is 9.55 Å². The standard InChI is InChI=1S/C23H18ClN3O3S/c1-13(21(29)26-18-5-3-4-16(10-18)14(2)28)27-12-25-22-20(23(27)30)19(11-31-22)15-6-8-17(24)9-7-15/h3-13H,1-2H3,(H,26,29). The molecule has 0 fully saturated rings. The van der Waals surface area contributed by atoms with Crippen LogP contribution in [0.3, 0.4) is 0 Å². The summed E-state index contributed by atoms with van der Waals surface area (Å²) in [5.41, 5.74) is 2.30. The van der Waals surface area contributed by atoms with Crippen LogP contribution in [0.1, 0.15) is 30.2 Å². The van der Waals surface area contributed by atoms with E-state index in [0.29, 0.717) is 26.5 Å². The molecule has 1 amide bonds. The Morgan fingerprint density at radius 1 is 1.16 bits per heavy atom. The van der Waals surface area contributed by atoms with Crippen LogP contribution in [-0.4, -0.2) is 21.2 Å². The van der Waals surface area contributed by atoms with Gasteiger partial charge in [0, 0.05) is 27.2 Å². The van der Waals surface area contributed by atoms with E-state index >= 15 is 0 Å². The fraction of sp³-hybridized carbons (Fsp3) is 0.130. The second-order valence-corrected chi connectivity index (χ2v) is 8.39. The van der Waals surface area contributed by atoms with E-state index in [1.54, 1.807) is 43.3 Å². The molecule has 156 valence electrons. The quantitative estimate of drug-likeness (QED) is 0.424. The molecule has 1 N–H and O–H groups in total. The van der Waals surface area contributed by atoms with Crippen LogP contribution in [0.5, 0.6) is 0 Å². The van der Waals surface area contributed by atoms with Crippen LogP contribution in [0.25, 0.3) is 21.3 Å². The number of anilines is 1. The molecule has 0 radical (unpaired) electrons. The first-order chi connectivity index (χ1) is 14.8. The Morgan fingerprint density at radius 3 is 2.61 bits per heavy atom. The van der Waals surface area contributed by atoms with Crippen molar-refractivity contribution in [2.75, 3.05) is 5.32 Å². The zero-order chi connectivity index (χ0) is 22.1. The van der Waals surface area contributed by atoms with E-state index in [-0.39, 0.29) is 17.2 Å². The van der Waals surface area contributed by atoms with Gasteiger partial charge in [-0.1, -0.05) is 35.9 Å². The summed E-state index contributed by atoms with van der Waals surface area (Å²) in [7, 11) is 0. The minimum absolute atomic E-state index is 0.0952. The topological polar surface area (TPSA) is 81.1 Å². The monoisotopic (exact) mass is 451 g/mol. The smallest absolute Gasteiger partial charge is 0.263 e. The van der Waals surface area contributed by atoms with Crippen molar-refractivity contribution in [1.29, 1.82) is 0 Å². The maximum absolute atomic E-state index is 13.3. The Labute approximate surface area is 187 Å². The van der Waals surface area contributed by atoms with Crippen molar-refractivity contribution in [3.8, 4) is 11.1 Å².